The van der Waals surface area contributed by atoms with Crippen LogP contribution in [-0.2, 0) is 11.2 Å². The first-order valence-corrected chi connectivity index (χ1v) is 7.90. The van der Waals surface area contributed by atoms with Crippen LogP contribution in [0.4, 0.5) is 5.69 Å². The molecule has 0 atom stereocenters. The van der Waals surface area contributed by atoms with Crippen LogP contribution in [0.25, 0.3) is 0 Å². The van der Waals surface area contributed by atoms with Gasteiger partial charge >= 0.3 is 0 Å². The number of carbonyl (C=O) groups excluding carboxylic acids is 1. The molecule has 1 aromatic rings. The molecule has 0 aromatic heterocycles. The molecular weight excluding hydrogens is 248 g/mol. The molecule has 0 bridgehead atoms. The molecule has 1 saturated carbocycles. The number of aryl methyl sites for hydroxylation is 1. The number of carbonyl (C=O) groups is 1. The lowest BCUT2D eigenvalue weighted by molar-refractivity contribution is -0.123. The third-order valence-corrected chi connectivity index (χ3v) is 4.75. The molecule has 2 N–H and O–H groups in total. The number of benzene rings is 1. The normalized spacial score (nSPS) is 26.8. The van der Waals surface area contributed by atoms with Crippen molar-refractivity contribution in [1.82, 2.24) is 0 Å². The van der Waals surface area contributed by atoms with E-state index in [1.807, 2.05) is 11.0 Å². The van der Waals surface area contributed by atoms with E-state index in [1.54, 1.807) is 0 Å². The van der Waals surface area contributed by atoms with Crippen molar-refractivity contribution in [2.45, 2.75) is 51.0 Å². The van der Waals surface area contributed by atoms with Crippen LogP contribution in [0.5, 0.6) is 0 Å². The number of nitrogens with zero attached hydrogens (tertiary/aromatic N) is 1. The number of rotatable bonds is 1. The van der Waals surface area contributed by atoms with E-state index in [2.05, 4.69) is 18.2 Å². The summed E-state index contributed by atoms with van der Waals surface area (Å²) < 4.78 is 0. The summed E-state index contributed by atoms with van der Waals surface area (Å²) in [7, 11) is 0. The van der Waals surface area contributed by atoms with Crippen LogP contribution in [0.2, 0.25) is 0 Å². The standard InChI is InChI=1S/C17H24N2O/c18-15-10-8-14(9-11-15)17(20)19-12-4-3-6-13-5-1-2-7-16(13)19/h1-2,5,7,14-15H,3-4,6,8-12,18H2. The minimum absolute atomic E-state index is 0.181. The number of nitrogens with two attached hydrogens (primary N) is 1. The van der Waals surface area contributed by atoms with Gasteiger partial charge in [-0.15, -0.1) is 0 Å². The van der Waals surface area contributed by atoms with Gasteiger partial charge in [0, 0.05) is 24.2 Å². The monoisotopic (exact) mass is 272 g/mol. The first kappa shape index (κ1) is 13.6. The molecule has 1 aromatic carbocycles. The van der Waals surface area contributed by atoms with Gasteiger partial charge in [0.05, 0.1) is 0 Å². The maximum absolute atomic E-state index is 12.9. The first-order chi connectivity index (χ1) is 9.75. The molecular formula is C17H24N2O. The van der Waals surface area contributed by atoms with Crippen molar-refractivity contribution in [2.24, 2.45) is 11.7 Å². The van der Waals surface area contributed by atoms with Crippen LogP contribution in [0.15, 0.2) is 24.3 Å². The molecule has 3 rings (SSSR count). The van der Waals surface area contributed by atoms with Crippen molar-refractivity contribution in [2.75, 3.05) is 11.4 Å². The van der Waals surface area contributed by atoms with Crippen LogP contribution < -0.4 is 10.6 Å². The zero-order valence-electron chi connectivity index (χ0n) is 12.1. The Bertz CT molecular complexity index is 478. The summed E-state index contributed by atoms with van der Waals surface area (Å²) in [6.07, 6.45) is 7.27. The van der Waals surface area contributed by atoms with E-state index in [-0.39, 0.29) is 5.92 Å². The molecule has 1 amide bonds. The molecule has 1 aliphatic carbocycles. The molecule has 3 heteroatoms. The number of amides is 1. The Morgan fingerprint density at radius 1 is 1.10 bits per heavy atom. The number of anilines is 1. The largest absolute Gasteiger partial charge is 0.328 e. The highest BCUT2D eigenvalue weighted by Gasteiger charge is 2.30. The van der Waals surface area contributed by atoms with Gasteiger partial charge in [-0.3, -0.25) is 4.79 Å². The fraction of sp³-hybridized carbons (Fsp3) is 0.588. The van der Waals surface area contributed by atoms with Crippen molar-refractivity contribution in [3.05, 3.63) is 29.8 Å². The predicted octanol–water partition coefficient (Wildman–Crippen LogP) is 2.87. The average Bonchev–Trinajstić information content (AvgIpc) is 2.69. The molecule has 1 aliphatic heterocycles. The second-order valence-corrected chi connectivity index (χ2v) is 6.19. The topological polar surface area (TPSA) is 46.3 Å². The SMILES string of the molecule is NC1CCC(C(=O)N2CCCCc3ccccc32)CC1. The quantitative estimate of drug-likeness (QED) is 0.854. The second kappa shape index (κ2) is 5.96. The number of fused-ring (bicyclic) bond motifs is 1. The van der Waals surface area contributed by atoms with Gasteiger partial charge in [0.25, 0.3) is 0 Å². The van der Waals surface area contributed by atoms with E-state index in [0.29, 0.717) is 11.9 Å². The van der Waals surface area contributed by atoms with E-state index in [0.717, 1.165) is 50.8 Å². The van der Waals surface area contributed by atoms with Gasteiger partial charge in [0.1, 0.15) is 0 Å². The Morgan fingerprint density at radius 2 is 1.85 bits per heavy atom. The zero-order valence-corrected chi connectivity index (χ0v) is 12.1. The van der Waals surface area contributed by atoms with Crippen LogP contribution in [0.3, 0.4) is 0 Å². The van der Waals surface area contributed by atoms with Crippen LogP contribution >= 0.6 is 0 Å². The zero-order chi connectivity index (χ0) is 13.9. The van der Waals surface area contributed by atoms with Gasteiger partial charge in [0.2, 0.25) is 5.91 Å². The highest BCUT2D eigenvalue weighted by molar-refractivity contribution is 5.96. The summed E-state index contributed by atoms with van der Waals surface area (Å²) in [6, 6.07) is 8.69. The highest BCUT2D eigenvalue weighted by Crippen LogP contribution is 2.31. The van der Waals surface area contributed by atoms with E-state index in [9.17, 15) is 4.79 Å². The van der Waals surface area contributed by atoms with Crippen molar-refractivity contribution < 1.29 is 4.79 Å². The number of hydrogen-bond donors (Lipinski definition) is 1. The van der Waals surface area contributed by atoms with Crippen LogP contribution in [0, 0.1) is 5.92 Å². The minimum atomic E-state index is 0.181. The minimum Gasteiger partial charge on any atom is -0.328 e. The fourth-order valence-electron chi connectivity index (χ4n) is 3.51. The van der Waals surface area contributed by atoms with Gasteiger partial charge in [-0.1, -0.05) is 18.2 Å². The third-order valence-electron chi connectivity index (χ3n) is 4.75. The summed E-state index contributed by atoms with van der Waals surface area (Å²) in [5.74, 6) is 0.507. The Morgan fingerprint density at radius 3 is 2.65 bits per heavy atom. The molecule has 0 spiro atoms. The van der Waals surface area contributed by atoms with Gasteiger partial charge in [-0.25, -0.2) is 0 Å². The van der Waals surface area contributed by atoms with E-state index in [4.69, 9.17) is 5.73 Å². The lowest BCUT2D eigenvalue weighted by atomic mass is 9.85. The predicted molar refractivity (Wildman–Crippen MR) is 81.7 cm³/mol. The molecule has 0 radical (unpaired) electrons. The fourth-order valence-corrected chi connectivity index (χ4v) is 3.51. The first-order valence-electron chi connectivity index (χ1n) is 7.90. The van der Waals surface area contributed by atoms with Crippen molar-refractivity contribution in [1.29, 1.82) is 0 Å². The Labute approximate surface area is 121 Å². The van der Waals surface area contributed by atoms with E-state index < -0.39 is 0 Å². The molecule has 0 unspecified atom stereocenters. The van der Waals surface area contributed by atoms with E-state index >= 15 is 0 Å². The average molecular weight is 272 g/mol. The van der Waals surface area contributed by atoms with E-state index in [1.165, 1.54) is 12.0 Å². The Hall–Kier alpha value is -1.35. The number of para-hydroxylation sites is 1. The van der Waals surface area contributed by atoms with Crippen LogP contribution in [0.1, 0.15) is 44.1 Å². The molecule has 20 heavy (non-hydrogen) atoms. The maximum atomic E-state index is 12.9. The number of hydrogen-bond acceptors (Lipinski definition) is 2. The molecule has 2 aliphatic rings. The van der Waals surface area contributed by atoms with Crippen molar-refractivity contribution in [3.8, 4) is 0 Å². The Balaban J connectivity index is 1.80. The lowest BCUT2D eigenvalue weighted by Crippen LogP contribution is -2.40. The smallest absolute Gasteiger partial charge is 0.230 e. The highest BCUT2D eigenvalue weighted by atomic mass is 16.2. The summed E-state index contributed by atoms with van der Waals surface area (Å²) in [5.41, 5.74) is 8.42. The van der Waals surface area contributed by atoms with Gasteiger partial charge in [-0.05, 0) is 56.6 Å². The maximum Gasteiger partial charge on any atom is 0.230 e. The lowest BCUT2D eigenvalue weighted by Gasteiger charge is -2.31. The Kier molecular flexibility index (Phi) is 4.06. The summed E-state index contributed by atoms with van der Waals surface area (Å²) in [5, 5.41) is 0. The molecule has 1 fully saturated rings. The molecule has 3 nitrogen and oxygen atoms in total. The summed E-state index contributed by atoms with van der Waals surface area (Å²) in [4.78, 5) is 14.9. The molecule has 0 saturated heterocycles. The van der Waals surface area contributed by atoms with Crippen LogP contribution in [-0.4, -0.2) is 18.5 Å². The van der Waals surface area contributed by atoms with Crippen molar-refractivity contribution in [3.63, 3.8) is 0 Å². The van der Waals surface area contributed by atoms with Gasteiger partial charge < -0.3 is 10.6 Å². The van der Waals surface area contributed by atoms with Gasteiger partial charge in [-0.2, -0.15) is 0 Å². The third kappa shape index (κ3) is 2.73. The summed E-state index contributed by atoms with van der Waals surface area (Å²) >= 11 is 0. The molecule has 108 valence electrons. The molecule has 1 heterocycles. The van der Waals surface area contributed by atoms with Crippen molar-refractivity contribution >= 4 is 11.6 Å². The second-order valence-electron chi connectivity index (χ2n) is 6.19. The summed E-state index contributed by atoms with van der Waals surface area (Å²) in [6.45, 7) is 0.873. The van der Waals surface area contributed by atoms with Gasteiger partial charge in [0.15, 0.2) is 0 Å².